The Balaban J connectivity index is 1.33. The number of amides is 1. The lowest BCUT2D eigenvalue weighted by Gasteiger charge is -2.33. The zero-order valence-electron chi connectivity index (χ0n) is 21.2. The van der Waals surface area contributed by atoms with E-state index in [1.54, 1.807) is 11.1 Å². The summed E-state index contributed by atoms with van der Waals surface area (Å²) in [4.78, 5) is 32.0. The molecule has 1 N–H and O–H groups in total. The van der Waals surface area contributed by atoms with Crippen molar-refractivity contribution < 1.29 is 23.8 Å². The lowest BCUT2D eigenvalue weighted by atomic mass is 9.82. The summed E-state index contributed by atoms with van der Waals surface area (Å²) < 4.78 is 13.0. The van der Waals surface area contributed by atoms with E-state index in [1.165, 1.54) is 10.9 Å². The third-order valence-electron chi connectivity index (χ3n) is 7.73. The van der Waals surface area contributed by atoms with E-state index < -0.39 is 5.97 Å². The van der Waals surface area contributed by atoms with Crippen LogP contribution in [0.1, 0.15) is 49.4 Å². The average Bonchev–Trinajstić information content (AvgIpc) is 3.69. The number of fused-ring (bicyclic) bond motifs is 1. The van der Waals surface area contributed by atoms with Gasteiger partial charge in [-0.05, 0) is 74.4 Å². The van der Waals surface area contributed by atoms with Gasteiger partial charge in [0.2, 0.25) is 5.91 Å². The molecule has 0 radical (unpaired) electrons. The number of hydrogen-bond acceptors (Lipinski definition) is 6. The van der Waals surface area contributed by atoms with E-state index in [0.717, 1.165) is 36.8 Å². The number of carboxylic acid groups (broad SMARTS) is 1. The molecule has 2 aliphatic rings. The number of ether oxygens (including phenoxy) is 1. The molecule has 1 saturated heterocycles. The molecule has 9 heteroatoms. The third kappa shape index (κ3) is 4.58. The number of anilines is 1. The molecule has 0 spiro atoms. The van der Waals surface area contributed by atoms with Gasteiger partial charge in [0.05, 0.1) is 18.3 Å². The number of aromatic nitrogens is 3. The molecule has 1 aliphatic carbocycles. The third-order valence-corrected chi connectivity index (χ3v) is 7.73. The van der Waals surface area contributed by atoms with Crippen LogP contribution < -0.4 is 4.90 Å². The van der Waals surface area contributed by atoms with Crippen molar-refractivity contribution in [3.05, 3.63) is 60.4 Å². The largest absolute Gasteiger partial charge is 0.477 e. The van der Waals surface area contributed by atoms with E-state index in [2.05, 4.69) is 17.0 Å². The second kappa shape index (κ2) is 10.1. The highest BCUT2D eigenvalue weighted by atomic mass is 16.5. The first kappa shape index (κ1) is 24.4. The Labute approximate surface area is 220 Å². The van der Waals surface area contributed by atoms with Gasteiger partial charge in [0.25, 0.3) is 0 Å². The van der Waals surface area contributed by atoms with Gasteiger partial charge in [-0.15, -0.1) is 5.10 Å². The van der Waals surface area contributed by atoms with Gasteiger partial charge in [0.15, 0.2) is 11.4 Å². The predicted molar refractivity (Wildman–Crippen MR) is 141 cm³/mol. The maximum absolute atomic E-state index is 13.8. The minimum atomic E-state index is -1.12. The first-order valence-electron chi connectivity index (χ1n) is 13.2. The van der Waals surface area contributed by atoms with Crippen molar-refractivity contribution in [2.75, 3.05) is 18.1 Å². The van der Waals surface area contributed by atoms with E-state index in [-0.39, 0.29) is 29.2 Å². The number of benzene rings is 1. The normalized spacial score (nSPS) is 21.6. The first-order valence-corrected chi connectivity index (χ1v) is 13.2. The molecule has 1 unspecified atom stereocenters. The van der Waals surface area contributed by atoms with Crippen molar-refractivity contribution >= 4 is 28.8 Å². The Hall–Kier alpha value is -3.98. The molecule has 4 heterocycles. The van der Waals surface area contributed by atoms with Gasteiger partial charge in [0.1, 0.15) is 16.8 Å². The van der Waals surface area contributed by atoms with Crippen LogP contribution in [0.3, 0.4) is 0 Å². The van der Waals surface area contributed by atoms with Crippen LogP contribution in [-0.2, 0) is 9.53 Å². The van der Waals surface area contributed by atoms with Crippen molar-refractivity contribution in [3.8, 4) is 17.0 Å². The Kier molecular flexibility index (Phi) is 6.45. The van der Waals surface area contributed by atoms with Gasteiger partial charge >= 0.3 is 5.97 Å². The van der Waals surface area contributed by atoms with Gasteiger partial charge in [-0.25, -0.2) is 9.48 Å². The molecule has 1 amide bonds. The number of carbonyl (C=O) groups excluding carboxylic acids is 1. The molecule has 9 nitrogen and oxygen atoms in total. The summed E-state index contributed by atoms with van der Waals surface area (Å²) in [6.07, 6.45) is 7.48. The number of aromatic carboxylic acids is 1. The SMILES string of the molecule is CC1CCC(C(=O)N(c2nn(-c3ccc(-c4cc5ncccc5o4)cc3)cc2C(=O)O)C2CCOC2)CC1. The number of carboxylic acids is 1. The first-order chi connectivity index (χ1) is 18.5. The Bertz CT molecular complexity index is 1430. The van der Waals surface area contributed by atoms with Crippen molar-refractivity contribution in [2.24, 2.45) is 11.8 Å². The van der Waals surface area contributed by atoms with Gasteiger partial charge in [-0.3, -0.25) is 14.7 Å². The number of hydrogen-bond donors (Lipinski definition) is 1. The number of rotatable bonds is 6. The highest BCUT2D eigenvalue weighted by molar-refractivity contribution is 6.02. The molecule has 1 aliphatic heterocycles. The highest BCUT2D eigenvalue weighted by Crippen LogP contribution is 2.34. The second-order valence-electron chi connectivity index (χ2n) is 10.3. The van der Waals surface area contributed by atoms with Gasteiger partial charge in [-0.2, -0.15) is 0 Å². The average molecular weight is 515 g/mol. The predicted octanol–water partition coefficient (Wildman–Crippen LogP) is 5.33. The minimum absolute atomic E-state index is 0.00172. The molecule has 0 bridgehead atoms. The molecular weight excluding hydrogens is 484 g/mol. The molecular formula is C29H30N4O5. The maximum Gasteiger partial charge on any atom is 0.341 e. The Morgan fingerprint density at radius 1 is 1.08 bits per heavy atom. The van der Waals surface area contributed by atoms with Gasteiger partial charge in [0, 0.05) is 36.5 Å². The van der Waals surface area contributed by atoms with Crippen molar-refractivity contribution in [2.45, 2.75) is 45.1 Å². The summed E-state index contributed by atoms with van der Waals surface area (Å²) >= 11 is 0. The zero-order valence-corrected chi connectivity index (χ0v) is 21.2. The van der Waals surface area contributed by atoms with Crippen molar-refractivity contribution in [3.63, 3.8) is 0 Å². The molecule has 1 saturated carbocycles. The van der Waals surface area contributed by atoms with Crippen LogP contribution in [0.25, 0.3) is 28.1 Å². The van der Waals surface area contributed by atoms with Crippen LogP contribution >= 0.6 is 0 Å². The van der Waals surface area contributed by atoms with Crippen LogP contribution in [0.2, 0.25) is 0 Å². The van der Waals surface area contributed by atoms with E-state index in [9.17, 15) is 14.7 Å². The summed E-state index contributed by atoms with van der Waals surface area (Å²) in [6, 6.07) is 12.9. The summed E-state index contributed by atoms with van der Waals surface area (Å²) in [5, 5.41) is 14.7. The molecule has 1 atom stereocenters. The number of pyridine rings is 1. The molecule has 2 fully saturated rings. The van der Waals surface area contributed by atoms with E-state index >= 15 is 0 Å². The summed E-state index contributed by atoms with van der Waals surface area (Å²) in [6.45, 7) is 3.13. The number of nitrogens with zero attached hydrogens (tertiary/aromatic N) is 4. The fourth-order valence-electron chi connectivity index (χ4n) is 5.50. The quantitative estimate of drug-likeness (QED) is 0.370. The second-order valence-corrected chi connectivity index (χ2v) is 10.3. The smallest absolute Gasteiger partial charge is 0.341 e. The molecule has 6 rings (SSSR count). The monoisotopic (exact) mass is 514 g/mol. The fraction of sp³-hybridized carbons (Fsp3) is 0.379. The van der Waals surface area contributed by atoms with Crippen molar-refractivity contribution in [1.82, 2.24) is 14.8 Å². The highest BCUT2D eigenvalue weighted by Gasteiger charge is 2.38. The van der Waals surface area contributed by atoms with Crippen LogP contribution in [0, 0.1) is 11.8 Å². The fourth-order valence-corrected chi connectivity index (χ4v) is 5.50. The van der Waals surface area contributed by atoms with Crippen LogP contribution in [0.5, 0.6) is 0 Å². The standard InChI is InChI=1S/C29H30N4O5/c1-18-4-6-20(7-5-18)28(34)33(22-12-14-37-17-22)27-23(29(35)36)16-32(31-27)21-10-8-19(9-11-21)26-15-24-25(38-26)3-2-13-30-24/h2-3,8-11,13,15-16,18,20,22H,4-7,12,14,17H2,1H3,(H,35,36). The molecule has 196 valence electrons. The minimum Gasteiger partial charge on any atom is -0.477 e. The lowest BCUT2D eigenvalue weighted by Crippen LogP contribution is -2.46. The molecule has 1 aromatic carbocycles. The van der Waals surface area contributed by atoms with E-state index in [1.807, 2.05) is 42.5 Å². The lowest BCUT2D eigenvalue weighted by molar-refractivity contribution is -0.124. The van der Waals surface area contributed by atoms with Crippen LogP contribution in [0.15, 0.2) is 59.3 Å². The van der Waals surface area contributed by atoms with Crippen LogP contribution in [0.4, 0.5) is 5.82 Å². The molecule has 3 aromatic heterocycles. The van der Waals surface area contributed by atoms with Crippen molar-refractivity contribution in [1.29, 1.82) is 0 Å². The molecule has 4 aromatic rings. The van der Waals surface area contributed by atoms with Gasteiger partial charge in [-0.1, -0.05) is 6.92 Å². The Morgan fingerprint density at radius 2 is 1.87 bits per heavy atom. The summed E-state index contributed by atoms with van der Waals surface area (Å²) in [5.41, 5.74) is 3.04. The topological polar surface area (TPSA) is 111 Å². The van der Waals surface area contributed by atoms with Gasteiger partial charge < -0.3 is 14.3 Å². The summed E-state index contributed by atoms with van der Waals surface area (Å²) in [7, 11) is 0. The van der Waals surface area contributed by atoms with E-state index in [0.29, 0.717) is 42.6 Å². The van der Waals surface area contributed by atoms with Crippen LogP contribution in [-0.4, -0.2) is 51.0 Å². The zero-order chi connectivity index (χ0) is 26.2. The number of carbonyl (C=O) groups is 2. The Morgan fingerprint density at radius 3 is 2.55 bits per heavy atom. The van der Waals surface area contributed by atoms with E-state index in [4.69, 9.17) is 9.15 Å². The maximum atomic E-state index is 13.8. The summed E-state index contributed by atoms with van der Waals surface area (Å²) in [5.74, 6) is 0.188. The number of furan rings is 1. The molecule has 38 heavy (non-hydrogen) atoms.